The van der Waals surface area contributed by atoms with Gasteiger partial charge in [0.1, 0.15) is 9.84 Å². The lowest BCUT2D eigenvalue weighted by molar-refractivity contribution is -0.0519. The monoisotopic (exact) mass is 299 g/mol. The molecule has 0 amide bonds. The number of hydrogen-bond acceptors (Lipinski definition) is 3. The summed E-state index contributed by atoms with van der Waals surface area (Å²) in [7, 11) is -2.84. The van der Waals surface area contributed by atoms with Gasteiger partial charge in [-0.15, -0.1) is 0 Å². The first kappa shape index (κ1) is 14.8. The molecule has 4 aliphatic rings. The lowest BCUT2D eigenvalue weighted by atomic mass is 9.50. The molecule has 4 fully saturated rings. The molecule has 0 aliphatic heterocycles. The average Bonchev–Trinajstić information content (AvgIpc) is 2.33. The Morgan fingerprint density at radius 3 is 2.05 bits per heavy atom. The van der Waals surface area contributed by atoms with E-state index >= 15 is 0 Å². The molecule has 0 heterocycles. The fraction of sp³-hybridized carbons (Fsp3) is 1.00. The second-order valence-corrected chi connectivity index (χ2v) is 9.85. The maximum absolute atomic E-state index is 11.5. The zero-order chi connectivity index (χ0) is 14.3. The summed E-state index contributed by atoms with van der Waals surface area (Å²) in [6, 6.07) is 0.421. The van der Waals surface area contributed by atoms with Gasteiger partial charge in [0, 0.05) is 12.3 Å². The molecule has 1 N–H and O–H groups in total. The molecular formula is C16H29NO2S. The van der Waals surface area contributed by atoms with E-state index in [1.165, 1.54) is 38.4 Å². The second-order valence-electron chi connectivity index (χ2n) is 7.59. The smallest absolute Gasteiger partial charge is 0.147 e. The molecule has 20 heavy (non-hydrogen) atoms. The highest BCUT2D eigenvalue weighted by Gasteiger charge is 2.50. The Labute approximate surface area is 123 Å². The number of nitrogens with one attached hydrogen (secondary N) is 1. The van der Waals surface area contributed by atoms with Crippen LogP contribution in [0.4, 0.5) is 0 Å². The molecule has 3 nitrogen and oxygen atoms in total. The van der Waals surface area contributed by atoms with Crippen molar-refractivity contribution in [2.75, 3.05) is 18.6 Å². The molecule has 4 bridgehead atoms. The van der Waals surface area contributed by atoms with Crippen LogP contribution in [0.1, 0.15) is 45.4 Å². The van der Waals surface area contributed by atoms with Crippen LogP contribution in [-0.4, -0.2) is 33.0 Å². The second kappa shape index (κ2) is 5.60. The summed E-state index contributed by atoms with van der Waals surface area (Å²) >= 11 is 0. The summed E-state index contributed by atoms with van der Waals surface area (Å²) in [5, 5.41) is 3.62. The topological polar surface area (TPSA) is 46.2 Å². The van der Waals surface area contributed by atoms with Gasteiger partial charge in [-0.25, -0.2) is 8.42 Å². The van der Waals surface area contributed by atoms with Crippen LogP contribution < -0.4 is 5.32 Å². The molecule has 4 aliphatic carbocycles. The summed E-state index contributed by atoms with van der Waals surface area (Å²) in [5.74, 6) is 4.80. The van der Waals surface area contributed by atoms with Crippen molar-refractivity contribution in [2.24, 2.45) is 29.6 Å². The molecular weight excluding hydrogens is 270 g/mol. The Hall–Kier alpha value is -0.0900. The molecule has 0 aromatic carbocycles. The van der Waals surface area contributed by atoms with Crippen LogP contribution in [0.3, 0.4) is 0 Å². The largest absolute Gasteiger partial charge is 0.314 e. The van der Waals surface area contributed by atoms with Crippen LogP contribution in [0.15, 0.2) is 0 Å². The number of sulfone groups is 1. The summed E-state index contributed by atoms with van der Waals surface area (Å²) in [6.07, 6.45) is 9.31. The maximum atomic E-state index is 11.5. The SMILES string of the molecule is CCNC(CCS(C)(=O)=O)C1C2CC3CC(C2)CC1C3. The summed E-state index contributed by atoms with van der Waals surface area (Å²) in [6.45, 7) is 3.10. The van der Waals surface area contributed by atoms with Crippen LogP contribution in [0.5, 0.6) is 0 Å². The molecule has 4 saturated carbocycles. The van der Waals surface area contributed by atoms with E-state index in [4.69, 9.17) is 0 Å². The van der Waals surface area contributed by atoms with Crippen molar-refractivity contribution in [3.63, 3.8) is 0 Å². The Morgan fingerprint density at radius 2 is 1.60 bits per heavy atom. The molecule has 0 aromatic rings. The van der Waals surface area contributed by atoms with Crippen LogP contribution in [0.25, 0.3) is 0 Å². The third-order valence-corrected chi connectivity index (χ3v) is 7.01. The molecule has 4 rings (SSSR count). The highest BCUT2D eigenvalue weighted by molar-refractivity contribution is 7.90. The molecule has 0 aromatic heterocycles. The van der Waals surface area contributed by atoms with Crippen LogP contribution in [0.2, 0.25) is 0 Å². The van der Waals surface area contributed by atoms with E-state index in [0.29, 0.717) is 11.8 Å². The van der Waals surface area contributed by atoms with E-state index in [1.54, 1.807) is 0 Å². The third kappa shape index (κ3) is 3.06. The fourth-order valence-electron chi connectivity index (χ4n) is 5.66. The quantitative estimate of drug-likeness (QED) is 0.819. The van der Waals surface area contributed by atoms with Crippen molar-refractivity contribution in [3.05, 3.63) is 0 Å². The van der Waals surface area contributed by atoms with E-state index < -0.39 is 9.84 Å². The third-order valence-electron chi connectivity index (χ3n) is 6.03. The van der Waals surface area contributed by atoms with Gasteiger partial charge in [0.25, 0.3) is 0 Å². The first-order chi connectivity index (χ1) is 9.46. The van der Waals surface area contributed by atoms with Gasteiger partial charge in [0.05, 0.1) is 5.75 Å². The minimum Gasteiger partial charge on any atom is -0.314 e. The predicted molar refractivity (Wildman–Crippen MR) is 82.3 cm³/mol. The van der Waals surface area contributed by atoms with Gasteiger partial charge >= 0.3 is 0 Å². The van der Waals surface area contributed by atoms with Crippen molar-refractivity contribution in [1.29, 1.82) is 0 Å². The summed E-state index contributed by atoms with van der Waals surface area (Å²) in [4.78, 5) is 0. The van der Waals surface area contributed by atoms with Gasteiger partial charge in [-0.3, -0.25) is 0 Å². The highest BCUT2D eigenvalue weighted by Crippen LogP contribution is 2.57. The van der Waals surface area contributed by atoms with E-state index in [9.17, 15) is 8.42 Å². The highest BCUT2D eigenvalue weighted by atomic mass is 32.2. The predicted octanol–water partition coefficient (Wildman–Crippen LogP) is 2.47. The van der Waals surface area contributed by atoms with Gasteiger partial charge in [-0.1, -0.05) is 6.92 Å². The number of rotatable bonds is 6. The average molecular weight is 299 g/mol. The lowest BCUT2D eigenvalue weighted by Crippen LogP contribution is -2.53. The van der Waals surface area contributed by atoms with Gasteiger partial charge in [0.2, 0.25) is 0 Å². The molecule has 1 atom stereocenters. The van der Waals surface area contributed by atoms with Gasteiger partial charge in [-0.2, -0.15) is 0 Å². The normalized spacial score (nSPS) is 41.0. The van der Waals surface area contributed by atoms with Crippen molar-refractivity contribution in [1.82, 2.24) is 5.32 Å². The van der Waals surface area contributed by atoms with Crippen LogP contribution in [-0.2, 0) is 9.84 Å². The lowest BCUT2D eigenvalue weighted by Gasteiger charge is -2.56. The van der Waals surface area contributed by atoms with E-state index in [0.717, 1.165) is 42.6 Å². The van der Waals surface area contributed by atoms with Crippen LogP contribution in [0, 0.1) is 29.6 Å². The Bertz CT molecular complexity index is 417. The molecule has 116 valence electrons. The van der Waals surface area contributed by atoms with Crippen molar-refractivity contribution >= 4 is 9.84 Å². The minimum atomic E-state index is -2.84. The zero-order valence-electron chi connectivity index (χ0n) is 12.8. The van der Waals surface area contributed by atoms with E-state index in [1.807, 2.05) is 0 Å². The maximum Gasteiger partial charge on any atom is 0.147 e. The Balaban J connectivity index is 1.70. The molecule has 1 unspecified atom stereocenters. The molecule has 4 heteroatoms. The molecule has 0 spiro atoms. The van der Waals surface area contributed by atoms with Gasteiger partial charge in [0.15, 0.2) is 0 Å². The van der Waals surface area contributed by atoms with Crippen molar-refractivity contribution in [2.45, 2.75) is 51.5 Å². The molecule has 0 saturated heterocycles. The Morgan fingerprint density at radius 1 is 1.05 bits per heavy atom. The standard InChI is InChI=1S/C16H29NO2S/c1-3-17-15(4-5-20(2,18)19)16-13-7-11-6-12(9-13)10-14(16)8-11/h11-17H,3-10H2,1-2H3. The first-order valence-corrected chi connectivity index (χ1v) is 10.4. The van der Waals surface area contributed by atoms with Crippen molar-refractivity contribution in [3.8, 4) is 0 Å². The first-order valence-electron chi connectivity index (χ1n) is 8.37. The minimum absolute atomic E-state index is 0.341. The Kier molecular flexibility index (Phi) is 4.15. The molecule has 0 radical (unpaired) electrons. The van der Waals surface area contributed by atoms with Crippen LogP contribution >= 0.6 is 0 Å². The summed E-state index contributed by atoms with van der Waals surface area (Å²) in [5.41, 5.74) is 0. The van der Waals surface area contributed by atoms with Gasteiger partial charge in [-0.05, 0) is 74.7 Å². The number of hydrogen-bond donors (Lipinski definition) is 1. The van der Waals surface area contributed by atoms with E-state index in [-0.39, 0.29) is 0 Å². The van der Waals surface area contributed by atoms with E-state index in [2.05, 4.69) is 12.2 Å². The van der Waals surface area contributed by atoms with Crippen molar-refractivity contribution < 1.29 is 8.42 Å². The van der Waals surface area contributed by atoms with Gasteiger partial charge < -0.3 is 5.32 Å². The summed E-state index contributed by atoms with van der Waals surface area (Å²) < 4.78 is 23.0. The zero-order valence-corrected chi connectivity index (χ0v) is 13.7. The fourth-order valence-corrected chi connectivity index (χ4v) is 6.34.